The minimum absolute atomic E-state index is 0.409. The Hall–Kier alpha value is -2.01. The summed E-state index contributed by atoms with van der Waals surface area (Å²) in [5, 5.41) is 3.29. The third-order valence-electron chi connectivity index (χ3n) is 2.53. The zero-order valence-corrected chi connectivity index (χ0v) is 11.4. The first-order chi connectivity index (χ1) is 9.15. The number of hydrogen-bond donors (Lipinski definition) is 1. The highest BCUT2D eigenvalue weighted by Crippen LogP contribution is 2.20. The molecule has 2 aromatic heterocycles. The van der Waals surface area contributed by atoms with Crippen LogP contribution in [0.25, 0.3) is 0 Å². The van der Waals surface area contributed by atoms with Gasteiger partial charge in [-0.15, -0.1) is 0 Å². The quantitative estimate of drug-likeness (QED) is 0.892. The summed E-state index contributed by atoms with van der Waals surface area (Å²) in [4.78, 5) is 12.7. The van der Waals surface area contributed by atoms with E-state index in [-0.39, 0.29) is 0 Å². The lowest BCUT2D eigenvalue weighted by molar-refractivity contribution is 0.449. The lowest BCUT2D eigenvalue weighted by atomic mass is 10.3. The van der Waals surface area contributed by atoms with E-state index in [9.17, 15) is 0 Å². The largest absolute Gasteiger partial charge is 0.436 e. The minimum Gasteiger partial charge on any atom is -0.436 e. The molecule has 0 saturated heterocycles. The van der Waals surface area contributed by atoms with Crippen LogP contribution < -0.4 is 10.1 Å². The van der Waals surface area contributed by atoms with Gasteiger partial charge in [-0.1, -0.05) is 13.8 Å². The van der Waals surface area contributed by atoms with Gasteiger partial charge in [-0.05, 0) is 19.1 Å². The predicted octanol–water partition coefficient (Wildman–Crippen LogP) is 2.47. The van der Waals surface area contributed by atoms with Crippen LogP contribution in [-0.4, -0.2) is 21.0 Å². The lowest BCUT2D eigenvalue weighted by Gasteiger charge is -2.09. The van der Waals surface area contributed by atoms with E-state index < -0.39 is 0 Å². The number of aryl methyl sites for hydroxylation is 1. The van der Waals surface area contributed by atoms with Gasteiger partial charge < -0.3 is 10.1 Å². The van der Waals surface area contributed by atoms with Crippen LogP contribution in [0.5, 0.6) is 11.6 Å². The minimum atomic E-state index is 0.409. The Morgan fingerprint density at radius 3 is 2.89 bits per heavy atom. The maximum absolute atomic E-state index is 5.69. The van der Waals surface area contributed by atoms with Crippen molar-refractivity contribution in [2.45, 2.75) is 33.4 Å². The second-order valence-corrected chi connectivity index (χ2v) is 4.57. The van der Waals surface area contributed by atoms with Crippen LogP contribution in [0.1, 0.15) is 25.2 Å². The number of nitrogens with zero attached hydrogens (tertiary/aromatic N) is 3. The van der Waals surface area contributed by atoms with E-state index in [2.05, 4.69) is 34.1 Å². The van der Waals surface area contributed by atoms with E-state index in [0.29, 0.717) is 24.2 Å². The van der Waals surface area contributed by atoms with Gasteiger partial charge in [0, 0.05) is 25.0 Å². The Labute approximate surface area is 113 Å². The van der Waals surface area contributed by atoms with Crippen molar-refractivity contribution in [2.75, 3.05) is 0 Å². The number of hydrogen-bond acceptors (Lipinski definition) is 5. The molecule has 100 valence electrons. The van der Waals surface area contributed by atoms with Crippen LogP contribution in [0.2, 0.25) is 0 Å². The molecule has 0 bridgehead atoms. The summed E-state index contributed by atoms with van der Waals surface area (Å²) in [5.74, 6) is 1.19. The van der Waals surface area contributed by atoms with Crippen LogP contribution in [-0.2, 0) is 6.54 Å². The fourth-order valence-corrected chi connectivity index (χ4v) is 1.52. The zero-order chi connectivity index (χ0) is 13.7. The normalized spacial score (nSPS) is 10.7. The molecule has 0 unspecified atom stereocenters. The lowest BCUT2D eigenvalue weighted by Crippen LogP contribution is -2.22. The third-order valence-corrected chi connectivity index (χ3v) is 2.53. The van der Waals surface area contributed by atoms with Crippen molar-refractivity contribution in [3.63, 3.8) is 0 Å². The van der Waals surface area contributed by atoms with Crippen molar-refractivity contribution < 1.29 is 4.74 Å². The fourth-order valence-electron chi connectivity index (χ4n) is 1.52. The van der Waals surface area contributed by atoms with Crippen molar-refractivity contribution in [3.8, 4) is 11.6 Å². The predicted molar refractivity (Wildman–Crippen MR) is 73.1 cm³/mol. The Kier molecular flexibility index (Phi) is 4.41. The first-order valence-corrected chi connectivity index (χ1v) is 6.29. The smallest absolute Gasteiger partial charge is 0.238 e. The van der Waals surface area contributed by atoms with E-state index >= 15 is 0 Å². The van der Waals surface area contributed by atoms with Gasteiger partial charge in [-0.25, -0.2) is 4.98 Å². The number of aromatic nitrogens is 3. The number of rotatable bonds is 5. The van der Waals surface area contributed by atoms with Gasteiger partial charge in [-0.3, -0.25) is 9.97 Å². The molecule has 2 heterocycles. The maximum Gasteiger partial charge on any atom is 0.238 e. The molecule has 5 heteroatoms. The summed E-state index contributed by atoms with van der Waals surface area (Å²) in [5.41, 5.74) is 1.68. The first-order valence-electron chi connectivity index (χ1n) is 6.29. The fraction of sp³-hybridized carbons (Fsp3) is 0.357. The van der Waals surface area contributed by atoms with E-state index in [1.165, 1.54) is 0 Å². The average Bonchev–Trinajstić information content (AvgIpc) is 2.40. The van der Waals surface area contributed by atoms with Gasteiger partial charge in [0.2, 0.25) is 5.88 Å². The summed E-state index contributed by atoms with van der Waals surface area (Å²) >= 11 is 0. The second kappa shape index (κ2) is 6.24. The van der Waals surface area contributed by atoms with Crippen molar-refractivity contribution in [2.24, 2.45) is 0 Å². The second-order valence-electron chi connectivity index (χ2n) is 4.57. The molecule has 0 aliphatic heterocycles. The summed E-state index contributed by atoms with van der Waals surface area (Å²) in [6.07, 6.45) is 5.07. The van der Waals surface area contributed by atoms with E-state index in [1.54, 1.807) is 18.6 Å². The number of nitrogens with one attached hydrogen (secondary N) is 1. The van der Waals surface area contributed by atoms with E-state index in [1.807, 2.05) is 19.1 Å². The molecule has 19 heavy (non-hydrogen) atoms. The molecule has 0 radical (unpaired) electrons. The molecular formula is C14H18N4O. The average molecular weight is 258 g/mol. The summed E-state index contributed by atoms with van der Waals surface area (Å²) < 4.78 is 5.69. The molecule has 0 fully saturated rings. The van der Waals surface area contributed by atoms with Gasteiger partial charge in [0.25, 0.3) is 0 Å². The summed E-state index contributed by atoms with van der Waals surface area (Å²) in [6, 6.07) is 4.11. The SMILES string of the molecule is Cc1ncccc1Oc1cncc(CNC(C)C)n1. The molecule has 2 rings (SSSR count). The molecule has 5 nitrogen and oxygen atoms in total. The Bertz CT molecular complexity index is 542. The van der Waals surface area contributed by atoms with Crippen LogP contribution in [0, 0.1) is 6.92 Å². The molecule has 0 saturated carbocycles. The molecule has 0 spiro atoms. The molecule has 1 N–H and O–H groups in total. The summed E-state index contributed by atoms with van der Waals surface area (Å²) in [6.45, 7) is 6.75. The van der Waals surface area contributed by atoms with Crippen molar-refractivity contribution in [1.29, 1.82) is 0 Å². The van der Waals surface area contributed by atoms with Gasteiger partial charge in [-0.2, -0.15) is 0 Å². The topological polar surface area (TPSA) is 59.9 Å². The van der Waals surface area contributed by atoms with Crippen molar-refractivity contribution >= 4 is 0 Å². The highest BCUT2D eigenvalue weighted by Gasteiger charge is 2.04. The number of ether oxygens (including phenoxy) is 1. The number of pyridine rings is 1. The molecule has 0 aromatic carbocycles. The molecule has 0 atom stereocenters. The Morgan fingerprint density at radius 1 is 1.32 bits per heavy atom. The van der Waals surface area contributed by atoms with Crippen LogP contribution >= 0.6 is 0 Å². The zero-order valence-electron chi connectivity index (χ0n) is 11.4. The third kappa shape index (κ3) is 3.99. The first kappa shape index (κ1) is 13.4. The van der Waals surface area contributed by atoms with Gasteiger partial charge in [0.05, 0.1) is 17.6 Å². The van der Waals surface area contributed by atoms with E-state index in [0.717, 1.165) is 11.4 Å². The van der Waals surface area contributed by atoms with Gasteiger partial charge >= 0.3 is 0 Å². The van der Waals surface area contributed by atoms with Gasteiger partial charge in [0.15, 0.2) is 5.75 Å². The van der Waals surface area contributed by atoms with Crippen LogP contribution in [0.15, 0.2) is 30.7 Å². The standard InChI is InChI=1S/C14H18N4O/c1-10(2)17-8-12-7-15-9-14(18-12)19-13-5-4-6-16-11(13)3/h4-7,9-10,17H,8H2,1-3H3. The van der Waals surface area contributed by atoms with Crippen LogP contribution in [0.3, 0.4) is 0 Å². The molecule has 0 amide bonds. The molecule has 0 aliphatic rings. The van der Waals surface area contributed by atoms with Crippen molar-refractivity contribution in [1.82, 2.24) is 20.3 Å². The van der Waals surface area contributed by atoms with Gasteiger partial charge in [0.1, 0.15) is 0 Å². The van der Waals surface area contributed by atoms with E-state index in [4.69, 9.17) is 4.74 Å². The molecular weight excluding hydrogens is 240 g/mol. The molecule has 0 aliphatic carbocycles. The Balaban J connectivity index is 2.09. The Morgan fingerprint density at radius 2 is 2.16 bits per heavy atom. The summed E-state index contributed by atoms with van der Waals surface area (Å²) in [7, 11) is 0. The molecule has 2 aromatic rings. The maximum atomic E-state index is 5.69. The monoisotopic (exact) mass is 258 g/mol. The van der Waals surface area contributed by atoms with Crippen molar-refractivity contribution in [3.05, 3.63) is 42.1 Å². The highest BCUT2D eigenvalue weighted by atomic mass is 16.5. The highest BCUT2D eigenvalue weighted by molar-refractivity contribution is 5.29. The van der Waals surface area contributed by atoms with Crippen LogP contribution in [0.4, 0.5) is 0 Å².